The summed E-state index contributed by atoms with van der Waals surface area (Å²) in [6.45, 7) is 0. The van der Waals surface area contributed by atoms with Crippen LogP contribution in [0.2, 0.25) is 0 Å². The fourth-order valence-electron chi connectivity index (χ4n) is 7.88. The fraction of sp³-hybridized carbons (Fsp3) is 0. The van der Waals surface area contributed by atoms with Gasteiger partial charge in [-0.3, -0.25) is 0 Å². The Morgan fingerprint density at radius 1 is 0.280 bits per heavy atom. The molecule has 0 bridgehead atoms. The third kappa shape index (κ3) is 4.43. The van der Waals surface area contributed by atoms with Crippen molar-refractivity contribution in [3.63, 3.8) is 0 Å². The van der Waals surface area contributed by atoms with Gasteiger partial charge in [0.2, 0.25) is 0 Å². The third-order valence-electron chi connectivity index (χ3n) is 10.1. The van der Waals surface area contributed by atoms with Crippen molar-refractivity contribution in [2.75, 3.05) is 0 Å². The van der Waals surface area contributed by atoms with Crippen LogP contribution in [0.1, 0.15) is 0 Å². The molecule has 0 spiro atoms. The summed E-state index contributed by atoms with van der Waals surface area (Å²) in [7, 11) is 0. The van der Waals surface area contributed by atoms with Gasteiger partial charge in [0.1, 0.15) is 0 Å². The number of fused-ring (bicyclic) bond motifs is 10. The van der Waals surface area contributed by atoms with Gasteiger partial charge in [-0.15, -0.1) is 0 Å². The molecule has 9 aromatic rings. The van der Waals surface area contributed by atoms with Crippen molar-refractivity contribution in [3.05, 3.63) is 182 Å². The molecule has 1 aliphatic carbocycles. The highest BCUT2D eigenvalue weighted by Crippen LogP contribution is 2.48. The molecule has 2 nitrogen and oxygen atoms in total. The summed E-state index contributed by atoms with van der Waals surface area (Å²) in [4.78, 5) is 10.7. The first kappa shape index (κ1) is 28.4. The van der Waals surface area contributed by atoms with Crippen LogP contribution in [0.15, 0.2) is 182 Å². The van der Waals surface area contributed by atoms with Crippen molar-refractivity contribution in [2.45, 2.75) is 0 Å². The zero-order chi connectivity index (χ0) is 33.0. The van der Waals surface area contributed by atoms with E-state index in [-0.39, 0.29) is 0 Å². The van der Waals surface area contributed by atoms with Gasteiger partial charge in [0.25, 0.3) is 0 Å². The maximum Gasteiger partial charge on any atom is 0.161 e. The molecule has 0 fully saturated rings. The molecule has 1 aliphatic rings. The van der Waals surface area contributed by atoms with Gasteiger partial charge in [-0.25, -0.2) is 9.97 Å². The van der Waals surface area contributed by atoms with E-state index >= 15 is 0 Å². The lowest BCUT2D eigenvalue weighted by atomic mass is 9.83. The quantitative estimate of drug-likeness (QED) is 0.181. The minimum atomic E-state index is 0.725. The molecule has 0 saturated carbocycles. The number of rotatable bonds is 3. The fourth-order valence-corrected chi connectivity index (χ4v) is 7.88. The summed E-state index contributed by atoms with van der Waals surface area (Å²) in [5.41, 5.74) is 14.9. The molecule has 10 rings (SSSR count). The highest BCUT2D eigenvalue weighted by molar-refractivity contribution is 6.21. The second-order valence-corrected chi connectivity index (χ2v) is 12.9. The molecule has 0 aliphatic heterocycles. The van der Waals surface area contributed by atoms with Crippen LogP contribution in [0.4, 0.5) is 0 Å². The predicted molar refractivity (Wildman–Crippen MR) is 209 cm³/mol. The van der Waals surface area contributed by atoms with Crippen LogP contribution in [0.25, 0.3) is 99.8 Å². The molecule has 0 atom stereocenters. The first-order valence-corrected chi connectivity index (χ1v) is 17.1. The summed E-state index contributed by atoms with van der Waals surface area (Å²) in [6, 6.07) is 63.0. The Morgan fingerprint density at radius 3 is 1.20 bits per heavy atom. The molecule has 0 N–H and O–H groups in total. The number of benzene rings is 8. The van der Waals surface area contributed by atoms with Gasteiger partial charge in [-0.2, -0.15) is 0 Å². The largest absolute Gasteiger partial charge is 0.236 e. The van der Waals surface area contributed by atoms with Crippen LogP contribution < -0.4 is 0 Å². The molecule has 232 valence electrons. The van der Waals surface area contributed by atoms with Crippen molar-refractivity contribution in [2.24, 2.45) is 0 Å². The Kier molecular flexibility index (Phi) is 6.53. The highest BCUT2D eigenvalue weighted by atomic mass is 14.9. The van der Waals surface area contributed by atoms with Crippen LogP contribution >= 0.6 is 0 Å². The molecule has 1 aromatic heterocycles. The van der Waals surface area contributed by atoms with E-state index in [4.69, 9.17) is 9.97 Å². The van der Waals surface area contributed by atoms with Gasteiger partial charge in [-0.05, 0) is 71.6 Å². The van der Waals surface area contributed by atoms with Crippen molar-refractivity contribution in [1.82, 2.24) is 9.97 Å². The van der Waals surface area contributed by atoms with Crippen LogP contribution in [0, 0.1) is 0 Å². The summed E-state index contributed by atoms with van der Waals surface area (Å²) in [5, 5.41) is 4.64. The molecule has 0 amide bonds. The molecule has 0 unspecified atom stereocenters. The summed E-state index contributed by atoms with van der Waals surface area (Å²) < 4.78 is 0. The van der Waals surface area contributed by atoms with Gasteiger partial charge in [0.15, 0.2) is 5.82 Å². The zero-order valence-corrected chi connectivity index (χ0v) is 27.2. The SMILES string of the molecule is c1ccc(-c2ccc(-c3c4ccccc4c(-c4ncc5c(n4)-c4ccccc4-c4ccccc4-c4ccccc4-5)c4ccccc34)cc2)cc1. The Balaban J connectivity index is 1.23. The van der Waals surface area contributed by atoms with Gasteiger partial charge < -0.3 is 0 Å². The average molecular weight is 635 g/mol. The highest BCUT2D eigenvalue weighted by Gasteiger charge is 2.25. The minimum absolute atomic E-state index is 0.725. The topological polar surface area (TPSA) is 25.8 Å². The number of hydrogen-bond acceptors (Lipinski definition) is 2. The number of nitrogens with zero attached hydrogens (tertiary/aromatic N) is 2. The summed E-state index contributed by atoms with van der Waals surface area (Å²) in [5.74, 6) is 0.725. The zero-order valence-electron chi connectivity index (χ0n) is 27.2. The lowest BCUT2D eigenvalue weighted by Gasteiger charge is -2.23. The van der Waals surface area contributed by atoms with Gasteiger partial charge >= 0.3 is 0 Å². The Labute approximate surface area is 291 Å². The molecule has 0 saturated heterocycles. The van der Waals surface area contributed by atoms with E-state index in [9.17, 15) is 0 Å². The van der Waals surface area contributed by atoms with Gasteiger partial charge in [-0.1, -0.05) is 176 Å². The van der Waals surface area contributed by atoms with E-state index in [1.54, 1.807) is 0 Å². The van der Waals surface area contributed by atoms with Crippen LogP contribution in [0.5, 0.6) is 0 Å². The van der Waals surface area contributed by atoms with Crippen molar-refractivity contribution < 1.29 is 0 Å². The van der Waals surface area contributed by atoms with E-state index in [1.165, 1.54) is 55.3 Å². The first-order valence-electron chi connectivity index (χ1n) is 17.1. The van der Waals surface area contributed by atoms with E-state index < -0.39 is 0 Å². The van der Waals surface area contributed by atoms with Crippen molar-refractivity contribution in [3.8, 4) is 78.3 Å². The first-order chi connectivity index (χ1) is 24.8. The minimum Gasteiger partial charge on any atom is -0.236 e. The second kappa shape index (κ2) is 11.5. The van der Waals surface area contributed by atoms with E-state index in [1.807, 2.05) is 6.20 Å². The maximum absolute atomic E-state index is 5.54. The van der Waals surface area contributed by atoms with Crippen molar-refractivity contribution in [1.29, 1.82) is 0 Å². The predicted octanol–water partition coefficient (Wildman–Crippen LogP) is 12.8. The Morgan fingerprint density at radius 2 is 0.660 bits per heavy atom. The van der Waals surface area contributed by atoms with Crippen LogP contribution in [0.3, 0.4) is 0 Å². The molecule has 0 radical (unpaired) electrons. The average Bonchev–Trinajstić information content (AvgIpc) is 3.19. The van der Waals surface area contributed by atoms with Gasteiger partial charge in [0, 0.05) is 22.9 Å². The third-order valence-corrected chi connectivity index (χ3v) is 10.1. The van der Waals surface area contributed by atoms with E-state index in [2.05, 4.69) is 176 Å². The molecular formula is C48H30N2. The lowest BCUT2D eigenvalue weighted by molar-refractivity contribution is 1.19. The normalized spacial score (nSPS) is 11.6. The Hall–Kier alpha value is -6.64. The van der Waals surface area contributed by atoms with E-state index in [0.717, 1.165) is 44.5 Å². The van der Waals surface area contributed by atoms with Crippen molar-refractivity contribution >= 4 is 21.5 Å². The number of aromatic nitrogens is 2. The maximum atomic E-state index is 5.54. The number of hydrogen-bond donors (Lipinski definition) is 0. The molecule has 2 heteroatoms. The van der Waals surface area contributed by atoms with Crippen LogP contribution in [-0.2, 0) is 0 Å². The smallest absolute Gasteiger partial charge is 0.161 e. The van der Waals surface area contributed by atoms with Crippen LogP contribution in [-0.4, -0.2) is 9.97 Å². The standard InChI is InChI=1S/C48H30N2/c1-2-14-31(15-3-1)32-26-28-33(29-27-32)45-39-21-9-11-23-41(39)46(42-24-12-10-22-40(42)45)48-49-30-44-38-20-7-6-18-36(38)34-16-4-5-17-35(34)37-19-8-13-25-43(37)47(44)50-48/h1-30H. The second-order valence-electron chi connectivity index (χ2n) is 12.9. The van der Waals surface area contributed by atoms with Gasteiger partial charge in [0.05, 0.1) is 5.69 Å². The molecule has 8 aromatic carbocycles. The molecular weight excluding hydrogens is 605 g/mol. The Bertz CT molecular complexity index is 2680. The monoisotopic (exact) mass is 634 g/mol. The summed E-state index contributed by atoms with van der Waals surface area (Å²) in [6.07, 6.45) is 2.04. The molecule has 50 heavy (non-hydrogen) atoms. The lowest BCUT2D eigenvalue weighted by Crippen LogP contribution is -2.02. The summed E-state index contributed by atoms with van der Waals surface area (Å²) >= 11 is 0. The molecule has 1 heterocycles. The van der Waals surface area contributed by atoms with E-state index in [0.29, 0.717) is 0 Å².